The average molecular weight is 404 g/mol. The van der Waals surface area contributed by atoms with Crippen LogP contribution >= 0.6 is 0 Å². The number of nitrogens with one attached hydrogen (secondary N) is 2. The molecule has 8 heteroatoms. The van der Waals surface area contributed by atoms with E-state index in [1.54, 1.807) is 13.3 Å². The number of nitrogens with zero attached hydrogens (tertiary/aromatic N) is 4. The lowest BCUT2D eigenvalue weighted by molar-refractivity contribution is 0.0930. The zero-order chi connectivity index (χ0) is 21.1. The number of carbonyl (C=O) groups excluding carboxylic acids is 1. The number of carbonyl (C=O) groups is 1. The quantitative estimate of drug-likeness (QED) is 0.490. The van der Waals surface area contributed by atoms with Crippen LogP contribution in [-0.4, -0.2) is 37.8 Å². The molecule has 8 nitrogen and oxygen atoms in total. The van der Waals surface area contributed by atoms with Crippen molar-refractivity contribution in [1.82, 2.24) is 30.1 Å². The van der Waals surface area contributed by atoms with E-state index in [-0.39, 0.29) is 11.9 Å². The van der Waals surface area contributed by atoms with Crippen molar-refractivity contribution in [3.8, 4) is 17.0 Å². The maximum atomic E-state index is 13.2. The van der Waals surface area contributed by atoms with Gasteiger partial charge in [-0.2, -0.15) is 5.10 Å². The SMILES string of the molecule is COc1ccc(-c2[nH]ncc2C(=O)N[C@@H](CC(C)C)c2nnc3ccccn23)cc1. The first-order valence-corrected chi connectivity index (χ1v) is 9.85. The van der Waals surface area contributed by atoms with Gasteiger partial charge in [-0.1, -0.05) is 19.9 Å². The van der Waals surface area contributed by atoms with Gasteiger partial charge in [0, 0.05) is 11.8 Å². The molecule has 0 bridgehead atoms. The summed E-state index contributed by atoms with van der Waals surface area (Å²) in [5, 5.41) is 18.7. The lowest BCUT2D eigenvalue weighted by atomic mass is 10.0. The van der Waals surface area contributed by atoms with Crippen LogP contribution in [0.15, 0.2) is 54.9 Å². The van der Waals surface area contributed by atoms with Crippen molar-refractivity contribution in [2.24, 2.45) is 5.92 Å². The standard InChI is InChI=1S/C22H24N6O2/c1-14(2)12-18(21-27-25-19-6-4-5-11-28(19)21)24-22(29)17-13-23-26-20(17)15-7-9-16(30-3)10-8-15/h4-11,13-14,18H,12H2,1-3H3,(H,23,26)(H,24,29)/t18-/m0/s1. The monoisotopic (exact) mass is 404 g/mol. The molecule has 0 unspecified atom stereocenters. The Kier molecular flexibility index (Phi) is 5.47. The number of benzene rings is 1. The van der Waals surface area contributed by atoms with Crippen LogP contribution < -0.4 is 10.1 Å². The van der Waals surface area contributed by atoms with Gasteiger partial charge in [-0.15, -0.1) is 10.2 Å². The molecule has 3 heterocycles. The van der Waals surface area contributed by atoms with Gasteiger partial charge in [0.1, 0.15) is 5.75 Å². The van der Waals surface area contributed by atoms with Crippen molar-refractivity contribution in [2.45, 2.75) is 26.3 Å². The third-order valence-corrected chi connectivity index (χ3v) is 4.93. The smallest absolute Gasteiger partial charge is 0.255 e. The van der Waals surface area contributed by atoms with Crippen LogP contribution in [0.3, 0.4) is 0 Å². The Morgan fingerprint density at radius 3 is 2.70 bits per heavy atom. The number of aromatic nitrogens is 5. The van der Waals surface area contributed by atoms with E-state index in [0.717, 1.165) is 23.4 Å². The van der Waals surface area contributed by atoms with Gasteiger partial charge in [-0.3, -0.25) is 14.3 Å². The van der Waals surface area contributed by atoms with Crippen LogP contribution in [-0.2, 0) is 0 Å². The summed E-state index contributed by atoms with van der Waals surface area (Å²) in [6.07, 6.45) is 4.19. The van der Waals surface area contributed by atoms with Crippen molar-refractivity contribution in [3.05, 3.63) is 66.2 Å². The molecule has 0 aliphatic rings. The van der Waals surface area contributed by atoms with Crippen LogP contribution in [0.25, 0.3) is 16.9 Å². The first kappa shape index (κ1) is 19.6. The number of hydrogen-bond acceptors (Lipinski definition) is 5. The fraction of sp³-hybridized carbons (Fsp3) is 0.273. The largest absolute Gasteiger partial charge is 0.497 e. The van der Waals surface area contributed by atoms with Gasteiger partial charge in [0.25, 0.3) is 5.91 Å². The summed E-state index contributed by atoms with van der Waals surface area (Å²) in [5.74, 6) is 1.60. The summed E-state index contributed by atoms with van der Waals surface area (Å²) in [7, 11) is 1.62. The van der Waals surface area contributed by atoms with Gasteiger partial charge < -0.3 is 10.1 Å². The van der Waals surface area contributed by atoms with Gasteiger partial charge in [0.15, 0.2) is 11.5 Å². The van der Waals surface area contributed by atoms with E-state index >= 15 is 0 Å². The molecule has 0 spiro atoms. The number of amides is 1. The third kappa shape index (κ3) is 3.89. The van der Waals surface area contributed by atoms with Crippen LogP contribution in [0.2, 0.25) is 0 Å². The second-order valence-corrected chi connectivity index (χ2v) is 7.53. The Morgan fingerprint density at radius 1 is 1.17 bits per heavy atom. The molecule has 0 saturated carbocycles. The maximum absolute atomic E-state index is 13.2. The number of fused-ring (bicyclic) bond motifs is 1. The minimum Gasteiger partial charge on any atom is -0.497 e. The molecular weight excluding hydrogens is 380 g/mol. The number of ether oxygens (including phenoxy) is 1. The van der Waals surface area contributed by atoms with E-state index < -0.39 is 0 Å². The van der Waals surface area contributed by atoms with Gasteiger partial charge in [0.05, 0.1) is 30.6 Å². The molecule has 1 aromatic carbocycles. The van der Waals surface area contributed by atoms with E-state index in [4.69, 9.17) is 4.74 Å². The second-order valence-electron chi connectivity index (χ2n) is 7.53. The number of aromatic amines is 1. The van der Waals surface area contributed by atoms with Gasteiger partial charge in [-0.25, -0.2) is 0 Å². The second kappa shape index (κ2) is 8.36. The lowest BCUT2D eigenvalue weighted by Gasteiger charge is -2.19. The number of pyridine rings is 1. The van der Waals surface area contributed by atoms with E-state index in [0.29, 0.717) is 23.0 Å². The van der Waals surface area contributed by atoms with Crippen LogP contribution in [0.4, 0.5) is 0 Å². The summed E-state index contributed by atoms with van der Waals surface area (Å²) < 4.78 is 7.12. The molecule has 154 valence electrons. The maximum Gasteiger partial charge on any atom is 0.255 e. The van der Waals surface area contributed by atoms with Crippen molar-refractivity contribution in [2.75, 3.05) is 7.11 Å². The molecule has 0 aliphatic carbocycles. The lowest BCUT2D eigenvalue weighted by Crippen LogP contribution is -2.31. The predicted molar refractivity (Wildman–Crippen MR) is 113 cm³/mol. The van der Waals surface area contributed by atoms with Crippen molar-refractivity contribution in [3.63, 3.8) is 0 Å². The summed E-state index contributed by atoms with van der Waals surface area (Å²) >= 11 is 0. The molecule has 0 radical (unpaired) electrons. The zero-order valence-electron chi connectivity index (χ0n) is 17.2. The summed E-state index contributed by atoms with van der Waals surface area (Å²) in [6, 6.07) is 12.9. The molecule has 4 aromatic rings. The van der Waals surface area contributed by atoms with Crippen LogP contribution in [0.5, 0.6) is 5.75 Å². The highest BCUT2D eigenvalue weighted by Crippen LogP contribution is 2.26. The minimum absolute atomic E-state index is 0.215. The highest BCUT2D eigenvalue weighted by Gasteiger charge is 2.24. The molecular formula is C22H24N6O2. The Hall–Kier alpha value is -3.68. The fourth-order valence-electron chi connectivity index (χ4n) is 3.47. The Bertz CT molecular complexity index is 1150. The zero-order valence-corrected chi connectivity index (χ0v) is 17.2. The van der Waals surface area contributed by atoms with Crippen LogP contribution in [0.1, 0.15) is 42.5 Å². The number of H-pyrrole nitrogens is 1. The predicted octanol–water partition coefficient (Wildman–Crippen LogP) is 3.65. The van der Waals surface area contributed by atoms with Crippen molar-refractivity contribution < 1.29 is 9.53 Å². The molecule has 0 saturated heterocycles. The topological polar surface area (TPSA) is 97.2 Å². The Balaban J connectivity index is 1.63. The molecule has 1 atom stereocenters. The third-order valence-electron chi connectivity index (χ3n) is 4.93. The normalized spacial score (nSPS) is 12.3. The Morgan fingerprint density at radius 2 is 1.97 bits per heavy atom. The number of hydrogen-bond donors (Lipinski definition) is 2. The summed E-state index contributed by atoms with van der Waals surface area (Å²) in [5.41, 5.74) is 2.73. The van der Waals surface area contributed by atoms with Gasteiger partial charge in [-0.05, 0) is 48.7 Å². The molecule has 4 rings (SSSR count). The first-order valence-electron chi connectivity index (χ1n) is 9.85. The highest BCUT2D eigenvalue weighted by molar-refractivity contribution is 5.99. The van der Waals surface area contributed by atoms with Gasteiger partial charge >= 0.3 is 0 Å². The van der Waals surface area contributed by atoms with Crippen LogP contribution in [0, 0.1) is 5.92 Å². The minimum atomic E-state index is -0.284. The summed E-state index contributed by atoms with van der Waals surface area (Å²) in [4.78, 5) is 13.2. The molecule has 2 N–H and O–H groups in total. The van der Waals surface area contributed by atoms with E-state index in [1.807, 2.05) is 53.1 Å². The first-order chi connectivity index (χ1) is 14.6. The molecule has 0 fully saturated rings. The fourth-order valence-corrected chi connectivity index (χ4v) is 3.47. The van der Waals surface area contributed by atoms with Crippen molar-refractivity contribution in [1.29, 1.82) is 0 Å². The van der Waals surface area contributed by atoms with Crippen molar-refractivity contribution >= 4 is 11.6 Å². The molecule has 3 aromatic heterocycles. The molecule has 30 heavy (non-hydrogen) atoms. The Labute approximate surface area is 174 Å². The number of methoxy groups -OCH3 is 1. The van der Waals surface area contributed by atoms with E-state index in [2.05, 4.69) is 39.6 Å². The summed E-state index contributed by atoms with van der Waals surface area (Å²) in [6.45, 7) is 4.23. The average Bonchev–Trinajstić information content (AvgIpc) is 3.40. The van der Waals surface area contributed by atoms with Gasteiger partial charge in [0.2, 0.25) is 0 Å². The highest BCUT2D eigenvalue weighted by atomic mass is 16.5. The van der Waals surface area contributed by atoms with E-state index in [1.165, 1.54) is 0 Å². The molecule has 1 amide bonds. The van der Waals surface area contributed by atoms with E-state index in [9.17, 15) is 4.79 Å². The molecule has 0 aliphatic heterocycles. The number of rotatable bonds is 7.